The number of carbonyl (C=O) groups is 1. The highest BCUT2D eigenvalue weighted by Crippen LogP contribution is 2.27. The third-order valence-corrected chi connectivity index (χ3v) is 3.39. The molecule has 0 fully saturated rings. The number of amides is 1. The van der Waals surface area contributed by atoms with Crippen molar-refractivity contribution < 1.29 is 9.53 Å². The molecule has 0 unspecified atom stereocenters. The number of nitrogens with one attached hydrogen (secondary N) is 1. The minimum Gasteiger partial charge on any atom is -0.497 e. The summed E-state index contributed by atoms with van der Waals surface area (Å²) in [6.07, 6.45) is 0. The molecule has 0 saturated carbocycles. The molecule has 4 heteroatoms. The molecular formula is C15H14BrNO2. The Morgan fingerprint density at radius 1 is 1.21 bits per heavy atom. The topological polar surface area (TPSA) is 38.3 Å². The molecule has 0 aliphatic carbocycles. The first-order valence-electron chi connectivity index (χ1n) is 5.81. The average molecular weight is 320 g/mol. The standard InChI is InChI=1S/C15H14BrNO2/c1-10-4-3-5-11(8-10)15(18)17-14-9-12(19-2)6-7-13(14)16/h3-9H,1-2H3,(H,17,18). The third-order valence-electron chi connectivity index (χ3n) is 2.70. The highest BCUT2D eigenvalue weighted by Gasteiger charge is 2.09. The van der Waals surface area contributed by atoms with E-state index in [-0.39, 0.29) is 5.91 Å². The van der Waals surface area contributed by atoms with Gasteiger partial charge in [-0.25, -0.2) is 0 Å². The molecule has 0 aliphatic rings. The van der Waals surface area contributed by atoms with Crippen molar-refractivity contribution in [2.45, 2.75) is 6.92 Å². The SMILES string of the molecule is COc1ccc(Br)c(NC(=O)c2cccc(C)c2)c1. The predicted molar refractivity (Wildman–Crippen MR) is 79.8 cm³/mol. The van der Waals surface area contributed by atoms with Gasteiger partial charge in [0.25, 0.3) is 5.91 Å². The van der Waals surface area contributed by atoms with Crippen LogP contribution in [0.1, 0.15) is 15.9 Å². The number of rotatable bonds is 3. The van der Waals surface area contributed by atoms with Crippen LogP contribution in [0.5, 0.6) is 5.75 Å². The van der Waals surface area contributed by atoms with Gasteiger partial charge in [0.2, 0.25) is 0 Å². The fourth-order valence-electron chi connectivity index (χ4n) is 1.71. The first kappa shape index (κ1) is 13.6. The van der Waals surface area contributed by atoms with Gasteiger partial charge in [-0.05, 0) is 47.1 Å². The molecule has 0 saturated heterocycles. The monoisotopic (exact) mass is 319 g/mol. The van der Waals surface area contributed by atoms with Crippen LogP contribution < -0.4 is 10.1 Å². The Kier molecular flexibility index (Phi) is 4.22. The van der Waals surface area contributed by atoms with E-state index in [4.69, 9.17) is 4.74 Å². The number of carbonyl (C=O) groups excluding carboxylic acids is 1. The van der Waals surface area contributed by atoms with E-state index in [9.17, 15) is 4.79 Å². The van der Waals surface area contributed by atoms with E-state index in [0.29, 0.717) is 17.0 Å². The van der Waals surface area contributed by atoms with E-state index in [2.05, 4.69) is 21.2 Å². The highest BCUT2D eigenvalue weighted by molar-refractivity contribution is 9.10. The summed E-state index contributed by atoms with van der Waals surface area (Å²) in [5.74, 6) is 0.556. The molecule has 2 aromatic rings. The molecule has 0 aromatic heterocycles. The van der Waals surface area contributed by atoms with Gasteiger partial charge in [0.1, 0.15) is 5.75 Å². The van der Waals surface area contributed by atoms with Crippen LogP contribution in [0.3, 0.4) is 0 Å². The summed E-state index contributed by atoms with van der Waals surface area (Å²) >= 11 is 3.40. The Balaban J connectivity index is 2.23. The summed E-state index contributed by atoms with van der Waals surface area (Å²) in [5.41, 5.74) is 2.37. The van der Waals surface area contributed by atoms with Crippen molar-refractivity contribution in [2.75, 3.05) is 12.4 Å². The normalized spacial score (nSPS) is 10.1. The summed E-state index contributed by atoms with van der Waals surface area (Å²) in [6, 6.07) is 12.9. The molecule has 0 heterocycles. The van der Waals surface area contributed by atoms with Crippen molar-refractivity contribution in [1.29, 1.82) is 0 Å². The van der Waals surface area contributed by atoms with Gasteiger partial charge >= 0.3 is 0 Å². The summed E-state index contributed by atoms with van der Waals surface area (Å²) in [7, 11) is 1.59. The number of methoxy groups -OCH3 is 1. The number of anilines is 1. The first-order valence-corrected chi connectivity index (χ1v) is 6.61. The van der Waals surface area contributed by atoms with Crippen molar-refractivity contribution in [3.8, 4) is 5.75 Å². The third kappa shape index (κ3) is 3.35. The first-order chi connectivity index (χ1) is 9.10. The van der Waals surface area contributed by atoms with Crippen LogP contribution in [0.15, 0.2) is 46.9 Å². The van der Waals surface area contributed by atoms with Crippen molar-refractivity contribution in [1.82, 2.24) is 0 Å². The van der Waals surface area contributed by atoms with Crippen molar-refractivity contribution in [3.63, 3.8) is 0 Å². The van der Waals surface area contributed by atoms with Gasteiger partial charge in [0.15, 0.2) is 0 Å². The van der Waals surface area contributed by atoms with Gasteiger partial charge in [0, 0.05) is 16.1 Å². The molecule has 1 amide bonds. The van der Waals surface area contributed by atoms with Gasteiger partial charge in [-0.2, -0.15) is 0 Å². The maximum Gasteiger partial charge on any atom is 0.255 e. The van der Waals surface area contributed by atoms with Crippen LogP contribution in [-0.2, 0) is 0 Å². The van der Waals surface area contributed by atoms with Gasteiger partial charge in [-0.15, -0.1) is 0 Å². The van der Waals surface area contributed by atoms with Crippen molar-refractivity contribution >= 4 is 27.5 Å². The lowest BCUT2D eigenvalue weighted by Gasteiger charge is -2.09. The molecule has 0 spiro atoms. The van der Waals surface area contributed by atoms with Crippen LogP contribution in [0.25, 0.3) is 0 Å². The van der Waals surface area contributed by atoms with Gasteiger partial charge < -0.3 is 10.1 Å². The summed E-state index contributed by atoms with van der Waals surface area (Å²) < 4.78 is 5.96. The summed E-state index contributed by atoms with van der Waals surface area (Å²) in [5, 5.41) is 2.86. The Bertz CT molecular complexity index is 611. The molecular weight excluding hydrogens is 306 g/mol. The van der Waals surface area contributed by atoms with Gasteiger partial charge in [-0.1, -0.05) is 17.7 Å². The average Bonchev–Trinajstić information content (AvgIpc) is 2.41. The molecule has 3 nitrogen and oxygen atoms in total. The summed E-state index contributed by atoms with van der Waals surface area (Å²) in [6.45, 7) is 1.96. The predicted octanol–water partition coefficient (Wildman–Crippen LogP) is 4.02. The maximum absolute atomic E-state index is 12.1. The van der Waals surface area contributed by atoms with Crippen molar-refractivity contribution in [2.24, 2.45) is 0 Å². The zero-order valence-electron chi connectivity index (χ0n) is 10.7. The van der Waals surface area contributed by atoms with Crippen LogP contribution in [0.2, 0.25) is 0 Å². The fourth-order valence-corrected chi connectivity index (χ4v) is 2.05. The molecule has 98 valence electrons. The number of benzene rings is 2. The molecule has 0 bridgehead atoms. The quantitative estimate of drug-likeness (QED) is 0.928. The smallest absolute Gasteiger partial charge is 0.255 e. The molecule has 1 N–H and O–H groups in total. The largest absolute Gasteiger partial charge is 0.497 e. The lowest BCUT2D eigenvalue weighted by atomic mass is 10.1. The second kappa shape index (κ2) is 5.89. The Morgan fingerprint density at radius 3 is 2.68 bits per heavy atom. The number of hydrogen-bond donors (Lipinski definition) is 1. The minimum atomic E-state index is -0.141. The van der Waals surface area contributed by atoms with Crippen LogP contribution in [0.4, 0.5) is 5.69 Å². The number of hydrogen-bond acceptors (Lipinski definition) is 2. The number of ether oxygens (including phenoxy) is 1. The Morgan fingerprint density at radius 2 is 2.00 bits per heavy atom. The second-order valence-electron chi connectivity index (χ2n) is 4.17. The fraction of sp³-hybridized carbons (Fsp3) is 0.133. The Labute approximate surface area is 120 Å². The van der Waals surface area contributed by atoms with E-state index < -0.39 is 0 Å². The number of halogens is 1. The van der Waals surface area contributed by atoms with E-state index in [0.717, 1.165) is 10.0 Å². The highest BCUT2D eigenvalue weighted by atomic mass is 79.9. The zero-order chi connectivity index (χ0) is 13.8. The minimum absolute atomic E-state index is 0.141. The summed E-state index contributed by atoms with van der Waals surface area (Å²) in [4.78, 5) is 12.1. The van der Waals surface area contributed by atoms with E-state index in [1.165, 1.54) is 0 Å². The maximum atomic E-state index is 12.1. The second-order valence-corrected chi connectivity index (χ2v) is 5.02. The van der Waals surface area contributed by atoms with Crippen LogP contribution >= 0.6 is 15.9 Å². The molecule has 2 aromatic carbocycles. The van der Waals surface area contributed by atoms with E-state index in [1.54, 1.807) is 19.2 Å². The van der Waals surface area contributed by atoms with E-state index >= 15 is 0 Å². The lowest BCUT2D eigenvalue weighted by Crippen LogP contribution is -2.12. The van der Waals surface area contributed by atoms with Crippen LogP contribution in [-0.4, -0.2) is 13.0 Å². The molecule has 19 heavy (non-hydrogen) atoms. The number of aryl methyl sites for hydroxylation is 1. The zero-order valence-corrected chi connectivity index (χ0v) is 12.3. The van der Waals surface area contributed by atoms with Gasteiger partial charge in [-0.3, -0.25) is 4.79 Å². The molecule has 0 radical (unpaired) electrons. The molecule has 2 rings (SSSR count). The van der Waals surface area contributed by atoms with Crippen molar-refractivity contribution in [3.05, 3.63) is 58.1 Å². The molecule has 0 atom stereocenters. The lowest BCUT2D eigenvalue weighted by molar-refractivity contribution is 0.102. The van der Waals surface area contributed by atoms with Crippen LogP contribution in [0, 0.1) is 6.92 Å². The Hall–Kier alpha value is -1.81. The van der Waals surface area contributed by atoms with E-state index in [1.807, 2.05) is 37.3 Å². The molecule has 0 aliphatic heterocycles. The van der Waals surface area contributed by atoms with Gasteiger partial charge in [0.05, 0.1) is 12.8 Å².